The maximum Gasteiger partial charge on any atom is 0.243 e. The van der Waals surface area contributed by atoms with Crippen molar-refractivity contribution in [2.24, 2.45) is 0 Å². The molecule has 0 aliphatic heterocycles. The fourth-order valence-corrected chi connectivity index (χ4v) is 3.95. The van der Waals surface area contributed by atoms with Crippen molar-refractivity contribution in [2.75, 3.05) is 13.2 Å². The summed E-state index contributed by atoms with van der Waals surface area (Å²) in [5.41, 5.74) is 3.14. The number of hydrogen-bond donors (Lipinski definition) is 1. The van der Waals surface area contributed by atoms with Crippen LogP contribution in [-0.2, 0) is 22.6 Å². The van der Waals surface area contributed by atoms with E-state index in [1.54, 1.807) is 4.90 Å². The molecule has 34 heavy (non-hydrogen) atoms. The average molecular weight is 469 g/mol. The Hall–Kier alpha value is -3.02. The van der Waals surface area contributed by atoms with Crippen LogP contribution in [0.4, 0.5) is 0 Å². The van der Waals surface area contributed by atoms with Gasteiger partial charge >= 0.3 is 0 Å². The van der Waals surface area contributed by atoms with Crippen LogP contribution in [0.3, 0.4) is 0 Å². The summed E-state index contributed by atoms with van der Waals surface area (Å²) in [7, 11) is 0. The zero-order chi connectivity index (χ0) is 25.1. The quantitative estimate of drug-likeness (QED) is 0.446. The summed E-state index contributed by atoms with van der Waals surface area (Å²) < 4.78 is 11.4. The Kier molecular flexibility index (Phi) is 10.9. The molecule has 2 aromatic carbocycles. The number of benzene rings is 2. The van der Waals surface area contributed by atoms with Crippen LogP contribution in [0.25, 0.3) is 0 Å². The maximum atomic E-state index is 13.5. The molecule has 2 rings (SSSR count). The van der Waals surface area contributed by atoms with E-state index in [1.165, 1.54) is 0 Å². The third-order valence-electron chi connectivity index (χ3n) is 5.49. The minimum absolute atomic E-state index is 0.0123. The van der Waals surface area contributed by atoms with E-state index < -0.39 is 6.04 Å². The second-order valence-corrected chi connectivity index (χ2v) is 8.75. The number of ether oxygens (including phenoxy) is 2. The van der Waals surface area contributed by atoms with E-state index in [9.17, 15) is 9.59 Å². The predicted molar refractivity (Wildman–Crippen MR) is 136 cm³/mol. The van der Waals surface area contributed by atoms with E-state index in [-0.39, 0.29) is 17.9 Å². The molecule has 0 spiro atoms. The SMILES string of the molecule is CCOc1ccc(CCC(=O)N(Cc2cccc(C)c2)[C@H](CC)C(=O)NC(C)C)cc1OCC. The fourth-order valence-electron chi connectivity index (χ4n) is 3.95. The van der Waals surface area contributed by atoms with Crippen LogP contribution in [0.1, 0.15) is 64.2 Å². The van der Waals surface area contributed by atoms with Gasteiger partial charge in [-0.25, -0.2) is 0 Å². The van der Waals surface area contributed by atoms with Crippen LogP contribution < -0.4 is 14.8 Å². The lowest BCUT2D eigenvalue weighted by Crippen LogP contribution is -2.50. The summed E-state index contributed by atoms with van der Waals surface area (Å²) in [4.78, 5) is 28.1. The van der Waals surface area contributed by atoms with Gasteiger partial charge in [-0.15, -0.1) is 0 Å². The first-order chi connectivity index (χ1) is 16.3. The van der Waals surface area contributed by atoms with Crippen LogP contribution in [0.15, 0.2) is 42.5 Å². The first kappa shape index (κ1) is 27.2. The van der Waals surface area contributed by atoms with E-state index in [4.69, 9.17) is 9.47 Å². The largest absolute Gasteiger partial charge is 0.490 e. The smallest absolute Gasteiger partial charge is 0.243 e. The molecular formula is C28H40N2O4. The van der Waals surface area contributed by atoms with Crippen LogP contribution in [0, 0.1) is 6.92 Å². The van der Waals surface area contributed by atoms with Gasteiger partial charge in [0.25, 0.3) is 0 Å². The highest BCUT2D eigenvalue weighted by Gasteiger charge is 2.28. The molecule has 0 bridgehead atoms. The lowest BCUT2D eigenvalue weighted by atomic mass is 10.0. The highest BCUT2D eigenvalue weighted by atomic mass is 16.5. The molecule has 0 heterocycles. The molecule has 1 N–H and O–H groups in total. The van der Waals surface area contributed by atoms with Crippen LogP contribution in [0.5, 0.6) is 11.5 Å². The summed E-state index contributed by atoms with van der Waals surface area (Å²) >= 11 is 0. The van der Waals surface area contributed by atoms with Crippen LogP contribution in [0.2, 0.25) is 0 Å². The van der Waals surface area contributed by atoms with Gasteiger partial charge in [0.1, 0.15) is 6.04 Å². The van der Waals surface area contributed by atoms with Gasteiger partial charge in [0.05, 0.1) is 13.2 Å². The van der Waals surface area contributed by atoms with Crippen molar-refractivity contribution in [3.05, 3.63) is 59.2 Å². The molecule has 0 radical (unpaired) electrons. The van der Waals surface area contributed by atoms with Crippen molar-refractivity contribution in [3.63, 3.8) is 0 Å². The zero-order valence-electron chi connectivity index (χ0n) is 21.5. The minimum atomic E-state index is -0.519. The van der Waals surface area contributed by atoms with Crippen LogP contribution >= 0.6 is 0 Å². The van der Waals surface area contributed by atoms with Crippen molar-refractivity contribution in [1.82, 2.24) is 10.2 Å². The van der Waals surface area contributed by atoms with Crippen molar-refractivity contribution in [2.45, 2.75) is 79.4 Å². The van der Waals surface area contributed by atoms with Crippen molar-refractivity contribution >= 4 is 11.8 Å². The number of carbonyl (C=O) groups excluding carboxylic acids is 2. The molecule has 186 valence electrons. The summed E-state index contributed by atoms with van der Waals surface area (Å²) in [6.45, 7) is 13.2. The highest BCUT2D eigenvalue weighted by molar-refractivity contribution is 5.87. The number of hydrogen-bond acceptors (Lipinski definition) is 4. The second kappa shape index (κ2) is 13.6. The van der Waals surface area contributed by atoms with Gasteiger partial charge in [0.2, 0.25) is 11.8 Å². The number of nitrogens with one attached hydrogen (secondary N) is 1. The van der Waals surface area contributed by atoms with Gasteiger partial charge < -0.3 is 19.7 Å². The number of nitrogens with zero attached hydrogens (tertiary/aromatic N) is 1. The van der Waals surface area contributed by atoms with E-state index in [1.807, 2.05) is 77.9 Å². The monoisotopic (exact) mass is 468 g/mol. The van der Waals surface area contributed by atoms with E-state index in [0.717, 1.165) is 16.7 Å². The first-order valence-electron chi connectivity index (χ1n) is 12.3. The molecule has 6 heteroatoms. The normalized spacial score (nSPS) is 11.7. The third-order valence-corrected chi connectivity index (χ3v) is 5.49. The van der Waals surface area contributed by atoms with Gasteiger partial charge in [-0.2, -0.15) is 0 Å². The maximum absolute atomic E-state index is 13.5. The Morgan fingerprint density at radius 1 is 0.941 bits per heavy atom. The third kappa shape index (κ3) is 8.08. The summed E-state index contributed by atoms with van der Waals surface area (Å²) in [5, 5.41) is 2.98. The van der Waals surface area contributed by atoms with Crippen molar-refractivity contribution in [3.8, 4) is 11.5 Å². The molecule has 0 saturated carbocycles. The molecule has 0 fully saturated rings. The Labute approximate surface area is 204 Å². The first-order valence-corrected chi connectivity index (χ1v) is 12.3. The highest BCUT2D eigenvalue weighted by Crippen LogP contribution is 2.29. The molecular weight excluding hydrogens is 428 g/mol. The topological polar surface area (TPSA) is 67.9 Å². The summed E-state index contributed by atoms with van der Waals surface area (Å²) in [5.74, 6) is 1.24. The van der Waals surface area contributed by atoms with Gasteiger partial charge in [0, 0.05) is 19.0 Å². The summed E-state index contributed by atoms with van der Waals surface area (Å²) in [6.07, 6.45) is 1.41. The Balaban J connectivity index is 2.23. The number of carbonyl (C=O) groups is 2. The molecule has 0 saturated heterocycles. The fraction of sp³-hybridized carbons (Fsp3) is 0.500. The van der Waals surface area contributed by atoms with Gasteiger partial charge in [-0.05, 0) is 70.7 Å². The molecule has 6 nitrogen and oxygen atoms in total. The van der Waals surface area contributed by atoms with Crippen LogP contribution in [-0.4, -0.2) is 42.0 Å². The Morgan fingerprint density at radius 3 is 2.26 bits per heavy atom. The molecule has 0 unspecified atom stereocenters. The van der Waals surface area contributed by atoms with Crippen molar-refractivity contribution < 1.29 is 19.1 Å². The predicted octanol–water partition coefficient (Wildman–Crippen LogP) is 5.06. The minimum Gasteiger partial charge on any atom is -0.490 e. The van der Waals surface area contributed by atoms with E-state index in [0.29, 0.717) is 50.5 Å². The lowest BCUT2D eigenvalue weighted by Gasteiger charge is -2.31. The molecule has 0 aromatic heterocycles. The lowest BCUT2D eigenvalue weighted by molar-refractivity contribution is -0.141. The van der Waals surface area contributed by atoms with Crippen molar-refractivity contribution in [1.29, 1.82) is 0 Å². The summed E-state index contributed by atoms with van der Waals surface area (Å²) in [6, 6.07) is 13.4. The Bertz CT molecular complexity index is 942. The average Bonchev–Trinajstić information content (AvgIpc) is 2.78. The van der Waals surface area contributed by atoms with Gasteiger partial charge in [-0.3, -0.25) is 9.59 Å². The molecule has 2 amide bonds. The van der Waals surface area contributed by atoms with Gasteiger partial charge in [-0.1, -0.05) is 42.8 Å². The molecule has 1 atom stereocenters. The van der Waals surface area contributed by atoms with E-state index in [2.05, 4.69) is 11.4 Å². The molecule has 0 aliphatic rings. The van der Waals surface area contributed by atoms with Gasteiger partial charge in [0.15, 0.2) is 11.5 Å². The number of amides is 2. The van der Waals surface area contributed by atoms with E-state index >= 15 is 0 Å². The molecule has 2 aromatic rings. The Morgan fingerprint density at radius 2 is 1.65 bits per heavy atom. The second-order valence-electron chi connectivity index (χ2n) is 8.75. The molecule has 0 aliphatic carbocycles. The number of rotatable bonds is 13. The standard InChI is InChI=1S/C28H40N2O4/c1-7-24(28(32)29-20(4)5)30(19-23-12-10-11-21(6)17-23)27(31)16-14-22-13-15-25(33-8-2)26(18-22)34-9-3/h10-13,15,17-18,20,24H,7-9,14,16,19H2,1-6H3,(H,29,32)/t24-/m1/s1. The zero-order valence-corrected chi connectivity index (χ0v) is 21.5. The number of aryl methyl sites for hydroxylation is 2.